The molecule has 2 nitrogen and oxygen atoms in total. The van der Waals surface area contributed by atoms with Gasteiger partial charge >= 0.3 is 5.97 Å². The van der Waals surface area contributed by atoms with E-state index in [0.29, 0.717) is 5.46 Å². The second kappa shape index (κ2) is 3.95. The largest absolute Gasteiger partial charge is 0.461 e. The minimum Gasteiger partial charge on any atom is -0.461 e. The topological polar surface area (TPSA) is 26.3 Å². The average Bonchev–Trinajstić information content (AvgIpc) is 2.03. The van der Waals surface area contributed by atoms with E-state index in [4.69, 9.17) is 12.6 Å². The Balaban J connectivity index is 2.63. The van der Waals surface area contributed by atoms with Gasteiger partial charge in [0.25, 0.3) is 0 Å². The van der Waals surface area contributed by atoms with E-state index in [1.165, 1.54) is 6.92 Å². The van der Waals surface area contributed by atoms with Gasteiger partial charge in [-0.05, 0) is 5.56 Å². The molecule has 0 aromatic heterocycles. The van der Waals surface area contributed by atoms with E-state index in [2.05, 4.69) is 0 Å². The molecule has 0 unspecified atom stereocenters. The molecule has 0 atom stereocenters. The van der Waals surface area contributed by atoms with E-state index in [9.17, 15) is 4.79 Å². The third-order valence-corrected chi connectivity index (χ3v) is 1.49. The van der Waals surface area contributed by atoms with Crippen LogP contribution in [0.5, 0.6) is 0 Å². The van der Waals surface area contributed by atoms with Crippen molar-refractivity contribution in [1.82, 2.24) is 0 Å². The van der Waals surface area contributed by atoms with E-state index < -0.39 is 0 Å². The number of ether oxygens (including phenoxy) is 1. The minimum absolute atomic E-state index is 0.252. The molecule has 2 radical (unpaired) electrons. The Morgan fingerprint density at radius 3 is 2.75 bits per heavy atom. The highest BCUT2D eigenvalue weighted by Crippen LogP contribution is 1.96. The van der Waals surface area contributed by atoms with E-state index in [1.807, 2.05) is 18.2 Å². The zero-order chi connectivity index (χ0) is 8.97. The van der Waals surface area contributed by atoms with Gasteiger partial charge in [-0.2, -0.15) is 0 Å². The summed E-state index contributed by atoms with van der Waals surface area (Å²) in [5, 5.41) is 0. The second-order valence-electron chi connectivity index (χ2n) is 2.48. The Hall–Kier alpha value is -1.25. The van der Waals surface area contributed by atoms with Crippen LogP contribution in [0.15, 0.2) is 24.3 Å². The van der Waals surface area contributed by atoms with Gasteiger partial charge in [-0.1, -0.05) is 29.7 Å². The van der Waals surface area contributed by atoms with Crippen LogP contribution in [0, 0.1) is 0 Å². The number of benzene rings is 1. The molecule has 0 saturated carbocycles. The van der Waals surface area contributed by atoms with E-state index >= 15 is 0 Å². The van der Waals surface area contributed by atoms with Crippen molar-refractivity contribution >= 4 is 19.3 Å². The van der Waals surface area contributed by atoms with Crippen molar-refractivity contribution in [3.05, 3.63) is 29.8 Å². The molecule has 1 rings (SSSR count). The van der Waals surface area contributed by atoms with Crippen LogP contribution in [0.25, 0.3) is 0 Å². The number of hydrogen-bond donors (Lipinski definition) is 0. The first-order chi connectivity index (χ1) is 5.70. The summed E-state index contributed by atoms with van der Waals surface area (Å²) in [7, 11) is 5.62. The second-order valence-corrected chi connectivity index (χ2v) is 2.48. The summed E-state index contributed by atoms with van der Waals surface area (Å²) < 4.78 is 4.79. The van der Waals surface area contributed by atoms with Crippen molar-refractivity contribution in [2.75, 3.05) is 0 Å². The van der Waals surface area contributed by atoms with Crippen molar-refractivity contribution in [1.29, 1.82) is 0 Å². The molecular weight excluding hydrogens is 151 g/mol. The van der Waals surface area contributed by atoms with Crippen molar-refractivity contribution < 1.29 is 9.53 Å². The smallest absolute Gasteiger partial charge is 0.302 e. The van der Waals surface area contributed by atoms with Gasteiger partial charge in [0.15, 0.2) is 0 Å². The van der Waals surface area contributed by atoms with Crippen molar-refractivity contribution in [2.24, 2.45) is 0 Å². The Kier molecular flexibility index (Phi) is 2.91. The highest BCUT2D eigenvalue weighted by molar-refractivity contribution is 6.33. The molecule has 0 aliphatic carbocycles. The fourth-order valence-electron chi connectivity index (χ4n) is 0.845. The maximum atomic E-state index is 10.5. The molecule has 12 heavy (non-hydrogen) atoms. The SMILES string of the molecule is [B]c1ccccc1COC(C)=O. The molecule has 0 saturated heterocycles. The number of esters is 1. The van der Waals surface area contributed by atoms with E-state index in [1.54, 1.807) is 6.07 Å². The van der Waals surface area contributed by atoms with Crippen molar-refractivity contribution in [3.8, 4) is 0 Å². The Labute approximate surface area is 73.0 Å². The number of carbonyl (C=O) groups is 1. The minimum atomic E-state index is -0.293. The third-order valence-electron chi connectivity index (χ3n) is 1.49. The van der Waals surface area contributed by atoms with Gasteiger partial charge in [-0.25, -0.2) is 0 Å². The molecule has 0 bridgehead atoms. The van der Waals surface area contributed by atoms with E-state index in [-0.39, 0.29) is 12.6 Å². The standard InChI is InChI=1S/C9H9BO2/c1-7(11)12-6-8-4-2-3-5-9(8)10/h2-5H,6H2,1H3. The molecule has 0 spiro atoms. The van der Waals surface area contributed by atoms with Crippen LogP contribution in [-0.4, -0.2) is 13.8 Å². The third kappa shape index (κ3) is 2.42. The van der Waals surface area contributed by atoms with Gasteiger partial charge in [0.2, 0.25) is 0 Å². The average molecular weight is 160 g/mol. The summed E-state index contributed by atoms with van der Waals surface area (Å²) in [6.45, 7) is 1.63. The zero-order valence-corrected chi connectivity index (χ0v) is 6.91. The molecule has 3 heteroatoms. The fourth-order valence-corrected chi connectivity index (χ4v) is 0.845. The van der Waals surface area contributed by atoms with Crippen LogP contribution in [-0.2, 0) is 16.1 Å². The molecule has 0 fully saturated rings. The molecular formula is C9H9BO2. The number of carbonyl (C=O) groups excluding carboxylic acids is 1. The fraction of sp³-hybridized carbons (Fsp3) is 0.222. The summed E-state index contributed by atoms with van der Waals surface area (Å²) >= 11 is 0. The molecule has 60 valence electrons. The highest BCUT2D eigenvalue weighted by atomic mass is 16.5. The van der Waals surface area contributed by atoms with Gasteiger partial charge in [-0.15, -0.1) is 0 Å². The van der Waals surface area contributed by atoms with E-state index in [0.717, 1.165) is 5.56 Å². The zero-order valence-electron chi connectivity index (χ0n) is 6.91. The van der Waals surface area contributed by atoms with Gasteiger partial charge in [0.1, 0.15) is 14.5 Å². The lowest BCUT2D eigenvalue weighted by Crippen LogP contribution is -2.11. The Bertz CT molecular complexity index is 284. The van der Waals surface area contributed by atoms with Gasteiger partial charge in [0, 0.05) is 6.92 Å². The van der Waals surface area contributed by atoms with Crippen LogP contribution in [0.2, 0.25) is 0 Å². The molecule has 0 heterocycles. The number of hydrogen-bond acceptors (Lipinski definition) is 2. The Morgan fingerprint density at radius 1 is 1.50 bits per heavy atom. The van der Waals surface area contributed by atoms with Gasteiger partial charge < -0.3 is 4.74 Å². The molecule has 0 N–H and O–H groups in total. The predicted molar refractivity (Wildman–Crippen MR) is 47.3 cm³/mol. The summed E-state index contributed by atoms with van der Waals surface area (Å²) in [6.07, 6.45) is 0. The lowest BCUT2D eigenvalue weighted by Gasteiger charge is -2.04. The van der Waals surface area contributed by atoms with Crippen LogP contribution >= 0.6 is 0 Å². The van der Waals surface area contributed by atoms with Crippen LogP contribution < -0.4 is 5.46 Å². The summed E-state index contributed by atoms with van der Waals surface area (Å²) in [5.41, 5.74) is 1.49. The first-order valence-corrected chi connectivity index (χ1v) is 3.67. The maximum Gasteiger partial charge on any atom is 0.302 e. The first kappa shape index (κ1) is 8.85. The summed E-state index contributed by atoms with van der Waals surface area (Å²) in [6, 6.07) is 7.30. The molecule has 1 aromatic carbocycles. The monoisotopic (exact) mass is 160 g/mol. The molecule has 0 aliphatic heterocycles. The first-order valence-electron chi connectivity index (χ1n) is 3.67. The van der Waals surface area contributed by atoms with Crippen molar-refractivity contribution in [2.45, 2.75) is 13.5 Å². The number of rotatable bonds is 2. The Morgan fingerprint density at radius 2 is 2.17 bits per heavy atom. The summed E-state index contributed by atoms with van der Waals surface area (Å²) in [5.74, 6) is -0.293. The maximum absolute atomic E-state index is 10.5. The van der Waals surface area contributed by atoms with Crippen LogP contribution in [0.3, 0.4) is 0 Å². The van der Waals surface area contributed by atoms with Crippen LogP contribution in [0.1, 0.15) is 12.5 Å². The highest BCUT2D eigenvalue weighted by Gasteiger charge is 1.97. The summed E-state index contributed by atoms with van der Waals surface area (Å²) in [4.78, 5) is 10.5. The van der Waals surface area contributed by atoms with Crippen molar-refractivity contribution in [3.63, 3.8) is 0 Å². The van der Waals surface area contributed by atoms with Crippen LogP contribution in [0.4, 0.5) is 0 Å². The lowest BCUT2D eigenvalue weighted by molar-refractivity contribution is -0.142. The van der Waals surface area contributed by atoms with Gasteiger partial charge in [0.05, 0.1) is 0 Å². The normalized spacial score (nSPS) is 9.42. The quantitative estimate of drug-likeness (QED) is 0.466. The molecule has 0 aliphatic rings. The lowest BCUT2D eigenvalue weighted by atomic mass is 9.91. The molecule has 0 amide bonds. The molecule has 1 aromatic rings. The predicted octanol–water partition coefficient (Wildman–Crippen LogP) is 0.544. The van der Waals surface area contributed by atoms with Gasteiger partial charge in [-0.3, -0.25) is 4.79 Å².